The molecule has 0 rings (SSSR count). The molecule has 0 spiro atoms. The summed E-state index contributed by atoms with van der Waals surface area (Å²) in [5.41, 5.74) is 2.24. The number of hydrogen-bond donors (Lipinski definition) is 2. The van der Waals surface area contributed by atoms with Gasteiger partial charge in [0.15, 0.2) is 13.2 Å². The maximum atomic E-state index is 11.3. The number of esters is 2. The van der Waals surface area contributed by atoms with Gasteiger partial charge in [0.1, 0.15) is 11.2 Å². The van der Waals surface area contributed by atoms with Gasteiger partial charge in [-0.3, -0.25) is 0 Å². The van der Waals surface area contributed by atoms with Gasteiger partial charge in [0, 0.05) is 0 Å². The van der Waals surface area contributed by atoms with Gasteiger partial charge in [-0.2, -0.15) is 0 Å². The maximum absolute atomic E-state index is 11.3. The predicted octanol–water partition coefficient (Wildman–Crippen LogP) is 1.04. The fourth-order valence-electron chi connectivity index (χ4n) is 1.17. The minimum Gasteiger partial charge on any atom is -0.457 e. The lowest BCUT2D eigenvalue weighted by Gasteiger charge is -2.19. The molecule has 0 aromatic rings. The quantitative estimate of drug-likeness (QED) is 0.438. The van der Waals surface area contributed by atoms with Crippen molar-refractivity contribution in [2.45, 2.75) is 52.7 Å². The molecule has 24 heavy (non-hydrogen) atoms. The lowest BCUT2D eigenvalue weighted by Crippen LogP contribution is -2.43. The van der Waals surface area contributed by atoms with Crippen LogP contribution in [0.25, 0.3) is 0 Å². The van der Waals surface area contributed by atoms with Crippen LogP contribution in [0, 0.1) is 0 Å². The monoisotopic (exact) mass is 348 g/mol. The molecule has 0 unspecified atom stereocenters. The molecule has 2 amide bonds. The second-order valence-electron chi connectivity index (χ2n) is 6.58. The van der Waals surface area contributed by atoms with Gasteiger partial charge in [0.2, 0.25) is 0 Å². The number of carbonyl (C=O) groups excluding carboxylic acids is 4. The first-order chi connectivity index (χ1) is 10.8. The van der Waals surface area contributed by atoms with Crippen LogP contribution in [0.3, 0.4) is 0 Å². The molecule has 138 valence electrons. The van der Waals surface area contributed by atoms with E-state index >= 15 is 0 Å². The van der Waals surface area contributed by atoms with Crippen molar-refractivity contribution in [1.29, 1.82) is 0 Å². The summed E-state index contributed by atoms with van der Waals surface area (Å²) in [6, 6.07) is 0. The Kier molecular flexibility index (Phi) is 8.00. The minimum atomic E-state index is -1.10. The van der Waals surface area contributed by atoms with Gasteiger partial charge in [-0.15, -0.1) is 0 Å². The van der Waals surface area contributed by atoms with E-state index in [0.717, 1.165) is 0 Å². The average Bonchev–Trinajstić information content (AvgIpc) is 2.36. The first kappa shape index (κ1) is 21.5. The second kappa shape index (κ2) is 8.94. The Hall–Kier alpha value is -2.52. The SMILES string of the molecule is CC(C)(C)OC(=O)COC(=O)NNC(=O)OCC(=O)OC(C)(C)C. The van der Waals surface area contributed by atoms with E-state index in [9.17, 15) is 19.2 Å². The Bertz CT molecular complexity index is 432. The summed E-state index contributed by atoms with van der Waals surface area (Å²) >= 11 is 0. The van der Waals surface area contributed by atoms with E-state index in [0.29, 0.717) is 0 Å². The molecule has 0 atom stereocenters. The highest BCUT2D eigenvalue weighted by Gasteiger charge is 2.19. The lowest BCUT2D eigenvalue weighted by molar-refractivity contribution is -0.159. The second-order valence-corrected chi connectivity index (χ2v) is 6.58. The number of hydrogen-bond acceptors (Lipinski definition) is 8. The normalized spacial score (nSPS) is 11.1. The summed E-state index contributed by atoms with van der Waals surface area (Å²) in [6.45, 7) is 8.71. The fraction of sp³-hybridized carbons (Fsp3) is 0.714. The Morgan fingerprint density at radius 2 is 0.958 bits per heavy atom. The molecule has 10 nitrogen and oxygen atoms in total. The van der Waals surface area contributed by atoms with E-state index in [-0.39, 0.29) is 0 Å². The Labute approximate surface area is 140 Å². The first-order valence-electron chi connectivity index (χ1n) is 7.08. The molecule has 10 heteroatoms. The molecule has 0 aromatic carbocycles. The molecular weight excluding hydrogens is 324 g/mol. The molecule has 0 aliphatic carbocycles. The molecule has 0 aromatic heterocycles. The van der Waals surface area contributed by atoms with E-state index in [1.54, 1.807) is 41.5 Å². The van der Waals surface area contributed by atoms with Crippen LogP contribution >= 0.6 is 0 Å². The van der Waals surface area contributed by atoms with Crippen LogP contribution in [-0.4, -0.2) is 48.5 Å². The van der Waals surface area contributed by atoms with Gasteiger partial charge in [-0.25, -0.2) is 30.0 Å². The number of carbonyl (C=O) groups is 4. The zero-order valence-corrected chi connectivity index (χ0v) is 14.7. The average molecular weight is 348 g/mol. The maximum Gasteiger partial charge on any atom is 0.426 e. The first-order valence-corrected chi connectivity index (χ1v) is 7.08. The molecule has 0 aliphatic heterocycles. The van der Waals surface area contributed by atoms with Gasteiger partial charge >= 0.3 is 24.1 Å². The molecule has 2 N–H and O–H groups in total. The van der Waals surface area contributed by atoms with Crippen LogP contribution in [0.4, 0.5) is 9.59 Å². The van der Waals surface area contributed by atoms with Crippen molar-refractivity contribution >= 4 is 24.1 Å². The van der Waals surface area contributed by atoms with Crippen molar-refractivity contribution in [3.8, 4) is 0 Å². The number of hydrazine groups is 1. The van der Waals surface area contributed by atoms with Crippen molar-refractivity contribution in [3.05, 3.63) is 0 Å². The summed E-state index contributed by atoms with van der Waals surface area (Å²) in [6.07, 6.45) is -2.20. The van der Waals surface area contributed by atoms with Crippen LogP contribution in [0.15, 0.2) is 0 Å². The number of nitrogens with one attached hydrogen (secondary N) is 2. The van der Waals surface area contributed by atoms with Gasteiger partial charge in [-0.05, 0) is 41.5 Å². The Morgan fingerprint density at radius 3 is 1.21 bits per heavy atom. The lowest BCUT2D eigenvalue weighted by atomic mass is 10.2. The molecule has 0 radical (unpaired) electrons. The van der Waals surface area contributed by atoms with Crippen LogP contribution < -0.4 is 10.9 Å². The van der Waals surface area contributed by atoms with E-state index in [1.807, 2.05) is 10.9 Å². The zero-order valence-electron chi connectivity index (χ0n) is 14.7. The van der Waals surface area contributed by atoms with Crippen molar-refractivity contribution in [3.63, 3.8) is 0 Å². The summed E-state index contributed by atoms with van der Waals surface area (Å²) in [5, 5.41) is 0. The van der Waals surface area contributed by atoms with Crippen LogP contribution in [0.1, 0.15) is 41.5 Å². The van der Waals surface area contributed by atoms with E-state index in [1.165, 1.54) is 0 Å². The summed E-state index contributed by atoms with van der Waals surface area (Å²) < 4.78 is 18.8. The largest absolute Gasteiger partial charge is 0.457 e. The molecule has 0 aliphatic rings. The van der Waals surface area contributed by atoms with E-state index < -0.39 is 48.5 Å². The smallest absolute Gasteiger partial charge is 0.426 e. The van der Waals surface area contributed by atoms with Crippen LogP contribution in [0.2, 0.25) is 0 Å². The third-order valence-electron chi connectivity index (χ3n) is 1.75. The summed E-state index contributed by atoms with van der Waals surface area (Å²) in [5.74, 6) is -1.49. The standard InChI is InChI=1S/C14H24N2O8/c1-13(2,3)23-9(17)7-21-11(19)15-16-12(20)22-8-10(18)24-14(4,5)6/h7-8H2,1-6H3,(H,15,19)(H,16,20). The third-order valence-corrected chi connectivity index (χ3v) is 1.75. The zero-order chi connectivity index (χ0) is 19.0. The number of ether oxygens (including phenoxy) is 4. The van der Waals surface area contributed by atoms with Gasteiger partial charge < -0.3 is 18.9 Å². The predicted molar refractivity (Wildman–Crippen MR) is 80.7 cm³/mol. The van der Waals surface area contributed by atoms with E-state index in [4.69, 9.17) is 9.47 Å². The number of amides is 2. The molecular formula is C14H24N2O8. The van der Waals surface area contributed by atoms with Crippen molar-refractivity contribution < 1.29 is 38.1 Å². The van der Waals surface area contributed by atoms with Crippen molar-refractivity contribution in [1.82, 2.24) is 10.9 Å². The van der Waals surface area contributed by atoms with Gasteiger partial charge in [0.05, 0.1) is 0 Å². The molecule has 0 saturated heterocycles. The van der Waals surface area contributed by atoms with Crippen LogP contribution in [-0.2, 0) is 28.5 Å². The van der Waals surface area contributed by atoms with Gasteiger partial charge in [0.25, 0.3) is 0 Å². The molecule has 0 heterocycles. The topological polar surface area (TPSA) is 129 Å². The van der Waals surface area contributed by atoms with Crippen LogP contribution in [0.5, 0.6) is 0 Å². The minimum absolute atomic E-state index is 0.627. The summed E-state index contributed by atoms with van der Waals surface area (Å²) in [4.78, 5) is 45.1. The van der Waals surface area contributed by atoms with E-state index in [2.05, 4.69) is 9.47 Å². The highest BCUT2D eigenvalue weighted by molar-refractivity contribution is 5.79. The molecule has 0 bridgehead atoms. The van der Waals surface area contributed by atoms with Gasteiger partial charge in [-0.1, -0.05) is 0 Å². The highest BCUT2D eigenvalue weighted by atomic mass is 16.6. The number of rotatable bonds is 4. The van der Waals surface area contributed by atoms with Crippen molar-refractivity contribution in [2.75, 3.05) is 13.2 Å². The van der Waals surface area contributed by atoms with Crippen molar-refractivity contribution in [2.24, 2.45) is 0 Å². The third kappa shape index (κ3) is 13.2. The Morgan fingerprint density at radius 1 is 0.667 bits per heavy atom. The Balaban J connectivity index is 3.92. The fourth-order valence-corrected chi connectivity index (χ4v) is 1.17. The molecule has 0 fully saturated rings. The summed E-state index contributed by atoms with van der Waals surface area (Å²) in [7, 11) is 0. The highest BCUT2D eigenvalue weighted by Crippen LogP contribution is 2.07. The molecule has 0 saturated carbocycles.